The molecule has 1 aliphatic rings. The second kappa shape index (κ2) is 2.91. The van der Waals surface area contributed by atoms with E-state index < -0.39 is 11.5 Å². The summed E-state index contributed by atoms with van der Waals surface area (Å²) < 4.78 is 25.8. The van der Waals surface area contributed by atoms with Gasteiger partial charge in [0.1, 0.15) is 0 Å². The van der Waals surface area contributed by atoms with Crippen LogP contribution in [-0.4, -0.2) is 11.5 Å². The number of halogens is 2. The molecule has 1 rings (SSSR count). The van der Waals surface area contributed by atoms with E-state index in [-0.39, 0.29) is 18.3 Å². The first-order valence-corrected chi connectivity index (χ1v) is 4.83. The Kier molecular flexibility index (Phi) is 2.44. The van der Waals surface area contributed by atoms with Crippen molar-refractivity contribution in [1.29, 1.82) is 0 Å². The predicted molar refractivity (Wildman–Crippen MR) is 49.8 cm³/mol. The zero-order chi connectivity index (χ0) is 10.3. The topological polar surface area (TPSA) is 26.0 Å². The highest BCUT2D eigenvalue weighted by Gasteiger charge is 2.46. The maximum absolute atomic E-state index is 12.9. The summed E-state index contributed by atoms with van der Waals surface area (Å²) in [5.41, 5.74) is 5.64. The lowest BCUT2D eigenvalue weighted by atomic mass is 9.65. The average Bonchev–Trinajstić information content (AvgIpc) is 1.94. The smallest absolute Gasteiger partial charge is 0.248 e. The Morgan fingerprint density at radius 2 is 1.38 bits per heavy atom. The standard InChI is InChI=1S/C10H19F2N/c1-8(2,3)9(13)4-6-10(11,12)7-5-9/h4-7,13H2,1-3H3. The molecule has 0 aromatic heterocycles. The third-order valence-electron chi connectivity index (χ3n) is 3.37. The van der Waals surface area contributed by atoms with E-state index >= 15 is 0 Å². The fourth-order valence-corrected chi connectivity index (χ4v) is 1.81. The number of hydrogen-bond donors (Lipinski definition) is 1. The van der Waals surface area contributed by atoms with Crippen LogP contribution in [0, 0.1) is 5.41 Å². The van der Waals surface area contributed by atoms with Crippen molar-refractivity contribution in [2.75, 3.05) is 0 Å². The van der Waals surface area contributed by atoms with Crippen molar-refractivity contribution in [3.8, 4) is 0 Å². The molecule has 78 valence electrons. The van der Waals surface area contributed by atoms with Gasteiger partial charge in [0.15, 0.2) is 0 Å². The summed E-state index contributed by atoms with van der Waals surface area (Å²) in [6.07, 6.45) is 0.758. The quantitative estimate of drug-likeness (QED) is 0.626. The lowest BCUT2D eigenvalue weighted by Crippen LogP contribution is -2.55. The largest absolute Gasteiger partial charge is 0.325 e. The van der Waals surface area contributed by atoms with Gasteiger partial charge in [-0.25, -0.2) is 8.78 Å². The molecule has 0 aromatic rings. The molecule has 0 heterocycles. The fourth-order valence-electron chi connectivity index (χ4n) is 1.81. The van der Waals surface area contributed by atoms with Crippen molar-refractivity contribution in [2.45, 2.75) is 57.9 Å². The molecule has 3 heteroatoms. The molecular formula is C10H19F2N. The second-order valence-corrected chi connectivity index (χ2v) is 5.26. The Bertz CT molecular complexity index is 184. The van der Waals surface area contributed by atoms with Crippen LogP contribution in [0.15, 0.2) is 0 Å². The van der Waals surface area contributed by atoms with Crippen LogP contribution in [0.25, 0.3) is 0 Å². The van der Waals surface area contributed by atoms with Crippen LogP contribution >= 0.6 is 0 Å². The maximum Gasteiger partial charge on any atom is 0.248 e. The molecule has 0 bridgehead atoms. The minimum atomic E-state index is -2.48. The first-order valence-electron chi connectivity index (χ1n) is 4.83. The van der Waals surface area contributed by atoms with Gasteiger partial charge in [0.2, 0.25) is 5.92 Å². The molecule has 1 fully saturated rings. The van der Waals surface area contributed by atoms with E-state index in [0.29, 0.717) is 12.8 Å². The van der Waals surface area contributed by atoms with E-state index in [1.54, 1.807) is 0 Å². The van der Waals surface area contributed by atoms with Crippen molar-refractivity contribution in [3.05, 3.63) is 0 Å². The predicted octanol–water partition coefficient (Wildman–Crippen LogP) is 2.94. The molecule has 0 amide bonds. The van der Waals surface area contributed by atoms with Crippen LogP contribution in [0.2, 0.25) is 0 Å². The minimum Gasteiger partial charge on any atom is -0.325 e. The summed E-state index contributed by atoms with van der Waals surface area (Å²) in [5.74, 6) is -2.48. The van der Waals surface area contributed by atoms with Gasteiger partial charge in [-0.15, -0.1) is 0 Å². The zero-order valence-electron chi connectivity index (χ0n) is 8.66. The van der Waals surface area contributed by atoms with Crippen LogP contribution in [0.4, 0.5) is 8.78 Å². The fraction of sp³-hybridized carbons (Fsp3) is 1.00. The number of hydrogen-bond acceptors (Lipinski definition) is 1. The van der Waals surface area contributed by atoms with Gasteiger partial charge in [-0.05, 0) is 18.3 Å². The van der Waals surface area contributed by atoms with Crippen molar-refractivity contribution in [1.82, 2.24) is 0 Å². The summed E-state index contributed by atoms with van der Waals surface area (Å²) in [6, 6.07) is 0. The minimum absolute atomic E-state index is 0.0548. The summed E-state index contributed by atoms with van der Waals surface area (Å²) in [4.78, 5) is 0. The first kappa shape index (κ1) is 10.9. The van der Waals surface area contributed by atoms with Gasteiger partial charge in [-0.2, -0.15) is 0 Å². The third-order valence-corrected chi connectivity index (χ3v) is 3.37. The molecule has 0 saturated heterocycles. The molecular weight excluding hydrogens is 172 g/mol. The lowest BCUT2D eigenvalue weighted by molar-refractivity contribution is -0.0661. The molecule has 0 unspecified atom stereocenters. The monoisotopic (exact) mass is 191 g/mol. The van der Waals surface area contributed by atoms with Crippen LogP contribution in [0.1, 0.15) is 46.5 Å². The van der Waals surface area contributed by atoms with E-state index in [0.717, 1.165) is 0 Å². The second-order valence-electron chi connectivity index (χ2n) is 5.26. The Hall–Kier alpha value is -0.180. The highest BCUT2D eigenvalue weighted by atomic mass is 19.3. The normalized spacial score (nSPS) is 27.2. The molecule has 0 aromatic carbocycles. The summed E-state index contributed by atoms with van der Waals surface area (Å²) in [7, 11) is 0. The number of nitrogens with two attached hydrogens (primary N) is 1. The van der Waals surface area contributed by atoms with Gasteiger partial charge in [0, 0.05) is 18.4 Å². The molecule has 0 aliphatic heterocycles. The summed E-state index contributed by atoms with van der Waals surface area (Å²) >= 11 is 0. The lowest BCUT2D eigenvalue weighted by Gasteiger charge is -2.46. The summed E-state index contributed by atoms with van der Waals surface area (Å²) in [6.45, 7) is 6.07. The van der Waals surface area contributed by atoms with Crippen LogP contribution < -0.4 is 5.73 Å². The molecule has 2 N–H and O–H groups in total. The molecule has 0 spiro atoms. The van der Waals surface area contributed by atoms with Gasteiger partial charge in [-0.1, -0.05) is 20.8 Å². The van der Waals surface area contributed by atoms with E-state index in [1.165, 1.54) is 0 Å². The van der Waals surface area contributed by atoms with Gasteiger partial charge in [-0.3, -0.25) is 0 Å². The Morgan fingerprint density at radius 3 is 1.69 bits per heavy atom. The molecule has 13 heavy (non-hydrogen) atoms. The SMILES string of the molecule is CC(C)(C)C1(N)CCC(F)(F)CC1. The molecule has 0 atom stereocenters. The first-order chi connectivity index (χ1) is 5.66. The van der Waals surface area contributed by atoms with Crippen molar-refractivity contribution in [3.63, 3.8) is 0 Å². The van der Waals surface area contributed by atoms with Crippen molar-refractivity contribution in [2.24, 2.45) is 11.1 Å². The highest BCUT2D eigenvalue weighted by Crippen LogP contribution is 2.44. The third kappa shape index (κ3) is 2.19. The number of alkyl halides is 2. The van der Waals surface area contributed by atoms with Gasteiger partial charge < -0.3 is 5.73 Å². The van der Waals surface area contributed by atoms with Gasteiger partial charge in [0.05, 0.1) is 0 Å². The van der Waals surface area contributed by atoms with Gasteiger partial charge in [0.25, 0.3) is 0 Å². The Morgan fingerprint density at radius 1 is 1.00 bits per heavy atom. The summed E-state index contributed by atoms with van der Waals surface area (Å²) in [5, 5.41) is 0. The Labute approximate surface area is 78.7 Å². The van der Waals surface area contributed by atoms with E-state index in [4.69, 9.17) is 5.73 Å². The van der Waals surface area contributed by atoms with Crippen LogP contribution in [0.5, 0.6) is 0 Å². The molecule has 1 nitrogen and oxygen atoms in total. The van der Waals surface area contributed by atoms with Gasteiger partial charge >= 0.3 is 0 Å². The molecule has 1 saturated carbocycles. The highest BCUT2D eigenvalue weighted by molar-refractivity contribution is 5.00. The van der Waals surface area contributed by atoms with E-state index in [9.17, 15) is 8.78 Å². The average molecular weight is 191 g/mol. The zero-order valence-corrected chi connectivity index (χ0v) is 8.66. The molecule has 0 radical (unpaired) electrons. The Balaban J connectivity index is 2.68. The van der Waals surface area contributed by atoms with E-state index in [1.807, 2.05) is 20.8 Å². The van der Waals surface area contributed by atoms with Crippen molar-refractivity contribution < 1.29 is 8.78 Å². The van der Waals surface area contributed by atoms with Crippen LogP contribution in [-0.2, 0) is 0 Å². The molecule has 1 aliphatic carbocycles. The maximum atomic E-state index is 12.9. The van der Waals surface area contributed by atoms with Crippen LogP contribution in [0.3, 0.4) is 0 Å². The van der Waals surface area contributed by atoms with E-state index in [2.05, 4.69) is 0 Å². The number of rotatable bonds is 0. The van der Waals surface area contributed by atoms with Crippen molar-refractivity contribution >= 4 is 0 Å².